The Bertz CT molecular complexity index is 112. The standard InChI is InChI=1S/C3H4O5.Li.Na/c4-1(2(5)6)3(7)8;;/h1,4H,(H,5,6)(H,7,8);;/q;2*+1/p-2. The number of hydrogen-bond donors (Lipinski definition) is 1. The number of aliphatic hydroxyl groups is 1. The smallest absolute Gasteiger partial charge is 0.547 e. The van der Waals surface area contributed by atoms with Gasteiger partial charge in [-0.2, -0.15) is 0 Å². The number of carbonyl (C=O) groups excluding carboxylic acids is 2. The van der Waals surface area contributed by atoms with E-state index in [0.717, 1.165) is 0 Å². The maximum absolute atomic E-state index is 9.36. The van der Waals surface area contributed by atoms with Gasteiger partial charge < -0.3 is 24.9 Å². The summed E-state index contributed by atoms with van der Waals surface area (Å²) in [6.07, 6.45) is -2.52. The van der Waals surface area contributed by atoms with Crippen molar-refractivity contribution in [2.45, 2.75) is 6.10 Å². The summed E-state index contributed by atoms with van der Waals surface area (Å²) in [4.78, 5) is 18.7. The molecule has 0 rings (SSSR count). The predicted molar refractivity (Wildman–Crippen MR) is 16.0 cm³/mol. The summed E-state index contributed by atoms with van der Waals surface area (Å²) in [6, 6.07) is 0. The largest absolute Gasteiger partial charge is 1.00 e. The fourth-order valence-electron chi connectivity index (χ4n) is 0.0962. The van der Waals surface area contributed by atoms with E-state index in [0.29, 0.717) is 0 Å². The van der Waals surface area contributed by atoms with Crippen LogP contribution in [-0.2, 0) is 9.59 Å². The maximum Gasteiger partial charge on any atom is 1.00 e. The van der Waals surface area contributed by atoms with E-state index in [1.165, 1.54) is 0 Å². The van der Waals surface area contributed by atoms with E-state index in [1.54, 1.807) is 0 Å². The van der Waals surface area contributed by atoms with Gasteiger partial charge in [-0.3, -0.25) is 0 Å². The second-order valence-corrected chi connectivity index (χ2v) is 1.04. The van der Waals surface area contributed by atoms with E-state index in [9.17, 15) is 19.8 Å². The Morgan fingerprint density at radius 2 is 1.40 bits per heavy atom. The third-order valence-corrected chi connectivity index (χ3v) is 0.447. The summed E-state index contributed by atoms with van der Waals surface area (Å²) in [5, 5.41) is 26.6. The summed E-state index contributed by atoms with van der Waals surface area (Å²) in [5.74, 6) is -4.13. The van der Waals surface area contributed by atoms with Crippen molar-refractivity contribution in [3.63, 3.8) is 0 Å². The first-order chi connectivity index (χ1) is 3.55. The monoisotopic (exact) mass is 148 g/mol. The number of carboxylic acids is 2. The van der Waals surface area contributed by atoms with Crippen molar-refractivity contribution in [3.05, 3.63) is 0 Å². The van der Waals surface area contributed by atoms with Crippen LogP contribution in [-0.4, -0.2) is 23.1 Å². The van der Waals surface area contributed by atoms with Crippen LogP contribution in [0.4, 0.5) is 0 Å². The Kier molecular flexibility index (Phi) is 12.8. The molecule has 0 aromatic rings. The van der Waals surface area contributed by atoms with Gasteiger partial charge in [0.25, 0.3) is 0 Å². The van der Waals surface area contributed by atoms with Crippen LogP contribution in [0.15, 0.2) is 0 Å². The second kappa shape index (κ2) is 7.60. The number of carbonyl (C=O) groups is 2. The molecule has 0 aromatic carbocycles. The number of rotatable bonds is 2. The third kappa shape index (κ3) is 6.62. The first-order valence-corrected chi connectivity index (χ1v) is 1.65. The van der Waals surface area contributed by atoms with Gasteiger partial charge in [0.1, 0.15) is 6.10 Å². The predicted octanol–water partition coefficient (Wildman–Crippen LogP) is -10.1. The molecule has 0 spiro atoms. The van der Waals surface area contributed by atoms with Gasteiger partial charge in [-0.1, -0.05) is 0 Å². The zero-order valence-corrected chi connectivity index (χ0v) is 7.66. The van der Waals surface area contributed by atoms with Gasteiger partial charge in [0.05, 0.1) is 11.9 Å². The fraction of sp³-hybridized carbons (Fsp3) is 0.333. The third-order valence-electron chi connectivity index (χ3n) is 0.447. The van der Waals surface area contributed by atoms with Gasteiger partial charge in [-0.15, -0.1) is 0 Å². The van der Waals surface area contributed by atoms with Gasteiger partial charge in [-0.05, 0) is 0 Å². The minimum Gasteiger partial charge on any atom is -0.547 e. The minimum absolute atomic E-state index is 0. The molecule has 0 heterocycles. The molecule has 0 amide bonds. The van der Waals surface area contributed by atoms with E-state index >= 15 is 0 Å². The van der Waals surface area contributed by atoms with Gasteiger partial charge in [-0.25, -0.2) is 0 Å². The molecule has 0 saturated carbocycles. The Balaban J connectivity index is -0.000000245. The molecule has 0 fully saturated rings. The van der Waals surface area contributed by atoms with Gasteiger partial charge in [0.2, 0.25) is 0 Å². The Morgan fingerprint density at radius 1 is 1.20 bits per heavy atom. The molecular weight excluding hydrogens is 146 g/mol. The van der Waals surface area contributed by atoms with Gasteiger partial charge in [0, 0.05) is 0 Å². The normalized spacial score (nSPS) is 7.40. The number of aliphatic hydroxyl groups excluding tert-OH is 1. The van der Waals surface area contributed by atoms with Crippen molar-refractivity contribution in [2.24, 2.45) is 0 Å². The Morgan fingerprint density at radius 3 is 1.40 bits per heavy atom. The molecule has 0 unspecified atom stereocenters. The SMILES string of the molecule is O=C([O-])C(O)C(=O)[O-].[Li+].[Na+]. The molecule has 0 saturated heterocycles. The van der Waals surface area contributed by atoms with Crippen LogP contribution in [0.2, 0.25) is 0 Å². The summed E-state index contributed by atoms with van der Waals surface area (Å²) >= 11 is 0. The zero-order valence-electron chi connectivity index (χ0n) is 5.66. The van der Waals surface area contributed by atoms with E-state index in [4.69, 9.17) is 5.11 Å². The van der Waals surface area contributed by atoms with Crippen molar-refractivity contribution < 1.29 is 73.3 Å². The molecular formula is C3H2LiNaO5. The van der Waals surface area contributed by atoms with Crippen LogP contribution in [0.25, 0.3) is 0 Å². The van der Waals surface area contributed by atoms with Gasteiger partial charge >= 0.3 is 48.4 Å². The van der Waals surface area contributed by atoms with Crippen LogP contribution in [0.3, 0.4) is 0 Å². The molecule has 0 bridgehead atoms. The molecule has 46 valence electrons. The van der Waals surface area contributed by atoms with Crippen LogP contribution in [0.1, 0.15) is 0 Å². The minimum atomic E-state index is -2.52. The van der Waals surface area contributed by atoms with Crippen LogP contribution in [0, 0.1) is 0 Å². The van der Waals surface area contributed by atoms with Crippen molar-refractivity contribution in [3.8, 4) is 0 Å². The second-order valence-electron chi connectivity index (χ2n) is 1.04. The fourth-order valence-corrected chi connectivity index (χ4v) is 0.0962. The van der Waals surface area contributed by atoms with Gasteiger partial charge in [0.15, 0.2) is 0 Å². The average Bonchev–Trinajstić information content (AvgIpc) is 1.64. The van der Waals surface area contributed by atoms with E-state index in [2.05, 4.69) is 0 Å². The summed E-state index contributed by atoms with van der Waals surface area (Å²) < 4.78 is 0. The first kappa shape index (κ1) is 16.8. The summed E-state index contributed by atoms with van der Waals surface area (Å²) in [5.41, 5.74) is 0. The Labute approximate surface area is 90.9 Å². The van der Waals surface area contributed by atoms with Crippen molar-refractivity contribution in [1.82, 2.24) is 0 Å². The van der Waals surface area contributed by atoms with Crippen LogP contribution >= 0.6 is 0 Å². The number of hydrogen-bond acceptors (Lipinski definition) is 5. The maximum atomic E-state index is 9.36. The zero-order chi connectivity index (χ0) is 6.73. The summed E-state index contributed by atoms with van der Waals surface area (Å²) in [6.45, 7) is 0. The van der Waals surface area contributed by atoms with Crippen LogP contribution < -0.4 is 58.6 Å². The number of aliphatic carboxylic acids is 2. The van der Waals surface area contributed by atoms with Crippen molar-refractivity contribution >= 4 is 11.9 Å². The molecule has 0 aliphatic heterocycles. The topological polar surface area (TPSA) is 100 Å². The summed E-state index contributed by atoms with van der Waals surface area (Å²) in [7, 11) is 0. The average molecular weight is 148 g/mol. The molecule has 1 N–H and O–H groups in total. The molecule has 7 heteroatoms. The molecule has 0 aliphatic rings. The molecule has 10 heavy (non-hydrogen) atoms. The van der Waals surface area contributed by atoms with Crippen molar-refractivity contribution in [2.75, 3.05) is 0 Å². The van der Waals surface area contributed by atoms with Crippen LogP contribution in [0.5, 0.6) is 0 Å². The van der Waals surface area contributed by atoms with E-state index in [1.807, 2.05) is 0 Å². The molecule has 0 radical (unpaired) electrons. The quantitative estimate of drug-likeness (QED) is 0.309. The van der Waals surface area contributed by atoms with E-state index in [-0.39, 0.29) is 48.4 Å². The molecule has 0 aliphatic carbocycles. The number of carboxylic acid groups (broad SMARTS) is 2. The first-order valence-electron chi connectivity index (χ1n) is 1.65. The molecule has 5 nitrogen and oxygen atoms in total. The van der Waals surface area contributed by atoms with E-state index < -0.39 is 18.0 Å². The Hall–Kier alpha value is 0.497. The molecule has 0 aromatic heterocycles. The van der Waals surface area contributed by atoms with Crippen molar-refractivity contribution in [1.29, 1.82) is 0 Å². The molecule has 0 atom stereocenters.